The van der Waals surface area contributed by atoms with E-state index in [2.05, 4.69) is 31.8 Å². The second kappa shape index (κ2) is 9.27. The molecule has 1 amide bonds. The van der Waals surface area contributed by atoms with Gasteiger partial charge in [-0.15, -0.1) is 0 Å². The van der Waals surface area contributed by atoms with Crippen LogP contribution in [-0.4, -0.2) is 89.2 Å². The zero-order valence-corrected chi connectivity index (χ0v) is 15.0. The molecule has 2 aliphatic heterocycles. The van der Waals surface area contributed by atoms with Crippen molar-refractivity contribution in [3.8, 4) is 0 Å². The third kappa shape index (κ3) is 5.23. The third-order valence-corrected chi connectivity index (χ3v) is 5.45. The minimum atomic E-state index is 0.214. The molecule has 2 fully saturated rings. The first-order valence-electron chi connectivity index (χ1n) is 9.50. The number of pyridine rings is 1. The standard InChI is InChI=1S/C19H30N4O2/c24-15-14-21-10-12-22(13-11-21)16-19(25)23-9-1-2-18(23)4-3-17-5-7-20-8-6-17/h5-8,18,24H,1-4,9-16H2/t18-/m1/s1. The number of amides is 1. The van der Waals surface area contributed by atoms with Gasteiger partial charge in [-0.3, -0.25) is 19.6 Å². The lowest BCUT2D eigenvalue weighted by molar-refractivity contribution is -0.133. The molecular formula is C19H30N4O2. The van der Waals surface area contributed by atoms with Crippen LogP contribution >= 0.6 is 0 Å². The van der Waals surface area contributed by atoms with Gasteiger partial charge in [0.05, 0.1) is 13.2 Å². The quantitative estimate of drug-likeness (QED) is 0.784. The molecule has 6 heteroatoms. The molecular weight excluding hydrogens is 316 g/mol. The van der Waals surface area contributed by atoms with Crippen LogP contribution in [0.3, 0.4) is 0 Å². The van der Waals surface area contributed by atoms with Gasteiger partial charge in [-0.05, 0) is 43.4 Å². The van der Waals surface area contributed by atoms with E-state index >= 15 is 0 Å². The summed E-state index contributed by atoms with van der Waals surface area (Å²) < 4.78 is 0. The summed E-state index contributed by atoms with van der Waals surface area (Å²) in [4.78, 5) is 23.5. The van der Waals surface area contributed by atoms with Crippen molar-refractivity contribution in [1.29, 1.82) is 0 Å². The van der Waals surface area contributed by atoms with E-state index < -0.39 is 0 Å². The number of piperazine rings is 1. The fourth-order valence-electron chi connectivity index (χ4n) is 3.94. The first-order chi connectivity index (χ1) is 12.3. The minimum absolute atomic E-state index is 0.214. The Balaban J connectivity index is 1.44. The van der Waals surface area contributed by atoms with E-state index in [-0.39, 0.29) is 12.5 Å². The number of carbonyl (C=O) groups is 1. The van der Waals surface area contributed by atoms with Crippen LogP contribution in [0.15, 0.2) is 24.5 Å². The summed E-state index contributed by atoms with van der Waals surface area (Å²) >= 11 is 0. The van der Waals surface area contributed by atoms with Gasteiger partial charge in [0.15, 0.2) is 0 Å². The molecule has 0 aliphatic carbocycles. The lowest BCUT2D eigenvalue weighted by atomic mass is 10.0. The van der Waals surface area contributed by atoms with Gasteiger partial charge >= 0.3 is 0 Å². The van der Waals surface area contributed by atoms with Crippen molar-refractivity contribution in [2.75, 3.05) is 52.4 Å². The lowest BCUT2D eigenvalue weighted by Crippen LogP contribution is -2.51. The molecule has 6 nitrogen and oxygen atoms in total. The summed E-state index contributed by atoms with van der Waals surface area (Å²) in [5.41, 5.74) is 1.30. The third-order valence-electron chi connectivity index (χ3n) is 5.45. The summed E-state index contributed by atoms with van der Waals surface area (Å²) in [5.74, 6) is 0.285. The van der Waals surface area contributed by atoms with Crippen molar-refractivity contribution >= 4 is 5.91 Å². The molecule has 1 N–H and O–H groups in total. The molecule has 0 spiro atoms. The van der Waals surface area contributed by atoms with E-state index in [0.717, 1.165) is 65.0 Å². The van der Waals surface area contributed by atoms with Crippen molar-refractivity contribution < 1.29 is 9.90 Å². The molecule has 1 aromatic rings. The fraction of sp³-hybridized carbons (Fsp3) is 0.684. The van der Waals surface area contributed by atoms with Gasteiger partial charge in [-0.2, -0.15) is 0 Å². The van der Waals surface area contributed by atoms with Gasteiger partial charge in [0.2, 0.25) is 5.91 Å². The highest BCUT2D eigenvalue weighted by molar-refractivity contribution is 5.79. The zero-order chi connectivity index (χ0) is 17.5. The fourth-order valence-corrected chi connectivity index (χ4v) is 3.94. The highest BCUT2D eigenvalue weighted by Gasteiger charge is 2.29. The molecule has 2 aliphatic rings. The van der Waals surface area contributed by atoms with Crippen LogP contribution in [0.25, 0.3) is 0 Å². The second-order valence-corrected chi connectivity index (χ2v) is 7.12. The Kier molecular flexibility index (Phi) is 6.78. The Bertz CT molecular complexity index is 531. The van der Waals surface area contributed by atoms with E-state index in [0.29, 0.717) is 12.6 Å². The monoisotopic (exact) mass is 346 g/mol. The summed E-state index contributed by atoms with van der Waals surface area (Å²) in [6.07, 6.45) is 7.97. The largest absolute Gasteiger partial charge is 0.395 e. The maximum atomic E-state index is 12.8. The number of rotatable bonds is 7. The van der Waals surface area contributed by atoms with Gasteiger partial charge in [0.25, 0.3) is 0 Å². The zero-order valence-electron chi connectivity index (χ0n) is 15.0. The molecule has 0 unspecified atom stereocenters. The maximum Gasteiger partial charge on any atom is 0.236 e. The van der Waals surface area contributed by atoms with Crippen molar-refractivity contribution in [1.82, 2.24) is 19.7 Å². The van der Waals surface area contributed by atoms with Gasteiger partial charge in [-0.25, -0.2) is 0 Å². The van der Waals surface area contributed by atoms with Crippen LogP contribution in [0.2, 0.25) is 0 Å². The molecule has 0 saturated carbocycles. The van der Waals surface area contributed by atoms with E-state index in [9.17, 15) is 4.79 Å². The number of aliphatic hydroxyl groups is 1. The SMILES string of the molecule is O=C(CN1CCN(CCO)CC1)N1CCC[C@@H]1CCc1ccncc1. The number of aliphatic hydroxyl groups excluding tert-OH is 1. The highest BCUT2D eigenvalue weighted by atomic mass is 16.3. The summed E-state index contributed by atoms with van der Waals surface area (Å²) in [5, 5.41) is 9.02. The molecule has 0 aromatic carbocycles. The van der Waals surface area contributed by atoms with Gasteiger partial charge in [-0.1, -0.05) is 0 Å². The number of likely N-dealkylation sites (tertiary alicyclic amines) is 1. The van der Waals surface area contributed by atoms with Crippen molar-refractivity contribution in [2.24, 2.45) is 0 Å². The Morgan fingerprint density at radius 3 is 2.56 bits per heavy atom. The van der Waals surface area contributed by atoms with E-state index in [1.807, 2.05) is 12.4 Å². The highest BCUT2D eigenvalue weighted by Crippen LogP contribution is 2.22. The number of hydrogen-bond acceptors (Lipinski definition) is 5. The summed E-state index contributed by atoms with van der Waals surface area (Å²) in [6.45, 7) is 6.13. The molecule has 138 valence electrons. The number of nitrogens with zero attached hydrogens (tertiary/aromatic N) is 4. The molecule has 1 atom stereocenters. The average molecular weight is 346 g/mol. The molecule has 0 bridgehead atoms. The number of aromatic nitrogens is 1. The molecule has 3 rings (SSSR count). The molecule has 0 radical (unpaired) electrons. The van der Waals surface area contributed by atoms with E-state index in [1.165, 1.54) is 5.56 Å². The Labute approximate surface area is 150 Å². The number of aryl methyl sites for hydroxylation is 1. The number of β-amino-alcohol motifs (C(OH)–C–C–N with tert-alkyl or cyclic N) is 1. The Morgan fingerprint density at radius 2 is 1.84 bits per heavy atom. The second-order valence-electron chi connectivity index (χ2n) is 7.12. The predicted octanol–water partition coefficient (Wildman–Crippen LogP) is 0.615. The Hall–Kier alpha value is -1.50. The van der Waals surface area contributed by atoms with Crippen LogP contribution in [0.5, 0.6) is 0 Å². The maximum absolute atomic E-state index is 12.8. The van der Waals surface area contributed by atoms with Crippen LogP contribution in [0.4, 0.5) is 0 Å². The Morgan fingerprint density at radius 1 is 1.12 bits per heavy atom. The molecule has 2 saturated heterocycles. The summed E-state index contributed by atoms with van der Waals surface area (Å²) in [7, 11) is 0. The van der Waals surface area contributed by atoms with Gasteiger partial charge in [0.1, 0.15) is 0 Å². The molecule has 3 heterocycles. The minimum Gasteiger partial charge on any atom is -0.395 e. The van der Waals surface area contributed by atoms with E-state index in [4.69, 9.17) is 5.11 Å². The van der Waals surface area contributed by atoms with Crippen LogP contribution in [0.1, 0.15) is 24.8 Å². The van der Waals surface area contributed by atoms with Gasteiger partial charge in [0, 0.05) is 57.7 Å². The summed E-state index contributed by atoms with van der Waals surface area (Å²) in [6, 6.07) is 4.51. The lowest BCUT2D eigenvalue weighted by Gasteiger charge is -2.35. The predicted molar refractivity (Wildman–Crippen MR) is 97.3 cm³/mol. The van der Waals surface area contributed by atoms with E-state index in [1.54, 1.807) is 0 Å². The van der Waals surface area contributed by atoms with Crippen LogP contribution < -0.4 is 0 Å². The normalized spacial score (nSPS) is 22.4. The van der Waals surface area contributed by atoms with Crippen molar-refractivity contribution in [3.05, 3.63) is 30.1 Å². The van der Waals surface area contributed by atoms with Crippen molar-refractivity contribution in [2.45, 2.75) is 31.7 Å². The first-order valence-corrected chi connectivity index (χ1v) is 9.50. The first kappa shape index (κ1) is 18.3. The molecule has 1 aromatic heterocycles. The average Bonchev–Trinajstić information content (AvgIpc) is 3.11. The van der Waals surface area contributed by atoms with Crippen molar-refractivity contribution in [3.63, 3.8) is 0 Å². The number of carbonyl (C=O) groups excluding carboxylic acids is 1. The number of hydrogen-bond donors (Lipinski definition) is 1. The molecule has 25 heavy (non-hydrogen) atoms. The van der Waals surface area contributed by atoms with Crippen LogP contribution in [-0.2, 0) is 11.2 Å². The van der Waals surface area contributed by atoms with Gasteiger partial charge < -0.3 is 10.0 Å². The smallest absolute Gasteiger partial charge is 0.236 e. The van der Waals surface area contributed by atoms with Crippen LogP contribution in [0, 0.1) is 0 Å². The topological polar surface area (TPSA) is 59.9 Å².